The van der Waals surface area contributed by atoms with Crippen molar-refractivity contribution >= 4 is 18.7 Å². The zero-order valence-corrected chi connectivity index (χ0v) is 20.5. The second kappa shape index (κ2) is 9.31. The summed E-state index contributed by atoms with van der Waals surface area (Å²) in [6, 6.07) is 4.69. The summed E-state index contributed by atoms with van der Waals surface area (Å²) in [5.74, 6) is -0.324. The molecule has 0 aliphatic carbocycles. The van der Waals surface area contributed by atoms with E-state index in [1.807, 2.05) is 48.5 Å². The lowest BCUT2D eigenvalue weighted by atomic mass is 9.75. The van der Waals surface area contributed by atoms with Gasteiger partial charge in [-0.05, 0) is 90.9 Å². The molecule has 8 heteroatoms. The van der Waals surface area contributed by atoms with Crippen LogP contribution in [0.1, 0.15) is 66.9 Å². The first kappa shape index (κ1) is 25.0. The van der Waals surface area contributed by atoms with E-state index in [2.05, 4.69) is 0 Å². The molecule has 0 radical (unpaired) electrons. The van der Waals surface area contributed by atoms with Crippen molar-refractivity contribution in [1.29, 1.82) is 0 Å². The van der Waals surface area contributed by atoms with E-state index < -0.39 is 23.9 Å². The standard InChI is InChI=1S/C24H37BFNO5/c1-22(2,3)30-21(28)27(19-11-14-29-15-12-19)13-10-17-16-18(26)8-9-20(17)25-31-23(4,5)24(6,7)32-25/h8-9,16,19H,10-15H2,1-7H3. The van der Waals surface area contributed by atoms with Crippen molar-refractivity contribution in [3.63, 3.8) is 0 Å². The normalized spacial score (nSPS) is 20.9. The summed E-state index contributed by atoms with van der Waals surface area (Å²) in [5.41, 5.74) is -0.0138. The summed E-state index contributed by atoms with van der Waals surface area (Å²) in [6.45, 7) is 15.2. The molecule has 0 spiro atoms. The number of amides is 1. The summed E-state index contributed by atoms with van der Waals surface area (Å²) in [5, 5.41) is 0. The van der Waals surface area contributed by atoms with Crippen LogP contribution in [0.5, 0.6) is 0 Å². The van der Waals surface area contributed by atoms with Gasteiger partial charge in [0, 0.05) is 25.8 Å². The van der Waals surface area contributed by atoms with Crippen LogP contribution >= 0.6 is 0 Å². The summed E-state index contributed by atoms with van der Waals surface area (Å²) >= 11 is 0. The third kappa shape index (κ3) is 5.83. The molecule has 2 aliphatic heterocycles. The van der Waals surface area contributed by atoms with Gasteiger partial charge in [0.05, 0.1) is 11.2 Å². The van der Waals surface area contributed by atoms with Crippen molar-refractivity contribution in [2.24, 2.45) is 0 Å². The minimum Gasteiger partial charge on any atom is -0.444 e. The third-order valence-corrected chi connectivity index (χ3v) is 6.49. The molecule has 0 unspecified atom stereocenters. The van der Waals surface area contributed by atoms with Crippen molar-refractivity contribution in [1.82, 2.24) is 4.90 Å². The zero-order valence-electron chi connectivity index (χ0n) is 20.5. The Bertz CT molecular complexity index is 801. The predicted octanol–water partition coefficient (Wildman–Crippen LogP) is 4.08. The minimum absolute atomic E-state index is 0.0347. The van der Waals surface area contributed by atoms with Crippen LogP contribution in [0, 0.1) is 5.82 Å². The van der Waals surface area contributed by atoms with Crippen molar-refractivity contribution in [3.05, 3.63) is 29.6 Å². The van der Waals surface area contributed by atoms with Crippen molar-refractivity contribution in [3.8, 4) is 0 Å². The molecule has 178 valence electrons. The first-order chi connectivity index (χ1) is 14.8. The molecule has 2 saturated heterocycles. The van der Waals surface area contributed by atoms with E-state index in [0.29, 0.717) is 26.2 Å². The van der Waals surface area contributed by atoms with Gasteiger partial charge in [0.15, 0.2) is 0 Å². The second-order valence-electron chi connectivity index (χ2n) is 10.7. The van der Waals surface area contributed by atoms with Crippen LogP contribution in [0.25, 0.3) is 0 Å². The molecule has 3 rings (SSSR count). The molecule has 32 heavy (non-hydrogen) atoms. The smallest absolute Gasteiger partial charge is 0.444 e. The van der Waals surface area contributed by atoms with E-state index in [1.165, 1.54) is 12.1 Å². The summed E-state index contributed by atoms with van der Waals surface area (Å²) < 4.78 is 37.7. The quantitative estimate of drug-likeness (QED) is 0.634. The number of halogens is 1. The van der Waals surface area contributed by atoms with Crippen LogP contribution in [0.2, 0.25) is 0 Å². The maximum atomic E-state index is 14.2. The average Bonchev–Trinajstić information content (AvgIpc) is 2.88. The maximum absolute atomic E-state index is 14.2. The number of hydrogen-bond donors (Lipinski definition) is 0. The average molecular weight is 449 g/mol. The van der Waals surface area contributed by atoms with Crippen LogP contribution in [0.3, 0.4) is 0 Å². The van der Waals surface area contributed by atoms with Gasteiger partial charge in [0.2, 0.25) is 0 Å². The molecule has 0 bridgehead atoms. The van der Waals surface area contributed by atoms with Gasteiger partial charge in [-0.2, -0.15) is 0 Å². The Morgan fingerprint density at radius 1 is 1.16 bits per heavy atom. The van der Waals surface area contributed by atoms with E-state index in [4.69, 9.17) is 18.8 Å². The van der Waals surface area contributed by atoms with E-state index >= 15 is 0 Å². The summed E-state index contributed by atoms with van der Waals surface area (Å²) in [4.78, 5) is 14.8. The molecule has 6 nitrogen and oxygen atoms in total. The molecule has 0 aromatic heterocycles. The molecule has 2 aliphatic rings. The van der Waals surface area contributed by atoms with Crippen molar-refractivity contribution in [2.45, 2.75) is 90.6 Å². The highest BCUT2D eigenvalue weighted by atomic mass is 19.1. The lowest BCUT2D eigenvalue weighted by Gasteiger charge is -2.35. The molecule has 1 aromatic carbocycles. The molecule has 1 aromatic rings. The number of benzene rings is 1. The number of rotatable bonds is 5. The van der Waals surface area contributed by atoms with Gasteiger partial charge in [-0.3, -0.25) is 0 Å². The zero-order chi connectivity index (χ0) is 23.7. The fraction of sp³-hybridized carbons (Fsp3) is 0.708. The molecular formula is C24H37BFNO5. The van der Waals surface area contributed by atoms with Gasteiger partial charge in [0.1, 0.15) is 11.4 Å². The van der Waals surface area contributed by atoms with Gasteiger partial charge < -0.3 is 23.7 Å². The fourth-order valence-electron chi connectivity index (χ4n) is 3.97. The molecule has 2 fully saturated rings. The lowest BCUT2D eigenvalue weighted by molar-refractivity contribution is -0.00524. The molecular weight excluding hydrogens is 412 g/mol. The van der Waals surface area contributed by atoms with Gasteiger partial charge >= 0.3 is 13.2 Å². The highest BCUT2D eigenvalue weighted by molar-refractivity contribution is 6.62. The van der Waals surface area contributed by atoms with Gasteiger partial charge in [-0.15, -0.1) is 0 Å². The Kier molecular flexibility index (Phi) is 7.28. The largest absolute Gasteiger partial charge is 0.495 e. The SMILES string of the molecule is CC(C)(C)OC(=O)N(CCc1cc(F)ccc1B1OC(C)(C)C(C)(C)O1)C1CCOCC1. The van der Waals surface area contributed by atoms with Gasteiger partial charge in [-0.1, -0.05) is 6.07 Å². The summed E-state index contributed by atoms with van der Waals surface area (Å²) in [6.07, 6.45) is 1.63. The van der Waals surface area contributed by atoms with Gasteiger partial charge in [-0.25, -0.2) is 9.18 Å². The Morgan fingerprint density at radius 2 is 1.75 bits per heavy atom. The molecule has 0 atom stereocenters. The summed E-state index contributed by atoms with van der Waals surface area (Å²) in [7, 11) is -0.589. The Balaban J connectivity index is 1.81. The molecule has 0 saturated carbocycles. The van der Waals surface area contributed by atoms with E-state index in [9.17, 15) is 9.18 Å². The Hall–Kier alpha value is -1.64. The highest BCUT2D eigenvalue weighted by Gasteiger charge is 2.52. The first-order valence-corrected chi connectivity index (χ1v) is 11.5. The minimum atomic E-state index is -0.590. The van der Waals surface area contributed by atoms with Crippen molar-refractivity contribution < 1.29 is 28.0 Å². The number of nitrogens with zero attached hydrogens (tertiary/aromatic N) is 1. The van der Waals surface area contributed by atoms with Crippen LogP contribution in [0.4, 0.5) is 9.18 Å². The monoisotopic (exact) mass is 449 g/mol. The predicted molar refractivity (Wildman–Crippen MR) is 123 cm³/mol. The molecule has 1 amide bonds. The van der Waals surface area contributed by atoms with Crippen LogP contribution in [-0.2, 0) is 25.2 Å². The Labute approximate surface area is 191 Å². The maximum Gasteiger partial charge on any atom is 0.495 e. The number of ether oxygens (including phenoxy) is 2. The van der Waals surface area contributed by atoms with E-state index in [1.54, 1.807) is 11.0 Å². The third-order valence-electron chi connectivity index (χ3n) is 6.49. The van der Waals surface area contributed by atoms with Gasteiger partial charge in [0.25, 0.3) is 0 Å². The molecule has 0 N–H and O–H groups in total. The fourth-order valence-corrected chi connectivity index (χ4v) is 3.97. The number of carbonyl (C=O) groups excluding carboxylic acids is 1. The van der Waals surface area contributed by atoms with Crippen molar-refractivity contribution in [2.75, 3.05) is 19.8 Å². The van der Waals surface area contributed by atoms with Crippen LogP contribution in [0.15, 0.2) is 18.2 Å². The molecule has 2 heterocycles. The number of carbonyl (C=O) groups is 1. The first-order valence-electron chi connectivity index (χ1n) is 11.5. The second-order valence-corrected chi connectivity index (χ2v) is 10.7. The number of hydrogen-bond acceptors (Lipinski definition) is 5. The lowest BCUT2D eigenvalue weighted by Crippen LogP contribution is -2.47. The van der Waals surface area contributed by atoms with Crippen LogP contribution < -0.4 is 5.46 Å². The Morgan fingerprint density at radius 3 is 2.31 bits per heavy atom. The van der Waals surface area contributed by atoms with Crippen LogP contribution in [-0.4, -0.2) is 60.7 Å². The van der Waals surface area contributed by atoms with E-state index in [0.717, 1.165) is 23.9 Å². The topological polar surface area (TPSA) is 57.2 Å². The highest BCUT2D eigenvalue weighted by Crippen LogP contribution is 2.36. The van der Waals surface area contributed by atoms with E-state index in [-0.39, 0.29) is 18.0 Å².